The highest BCUT2D eigenvalue weighted by molar-refractivity contribution is 9.10. The first-order valence-corrected chi connectivity index (χ1v) is 7.78. The number of benzene rings is 1. The zero-order valence-corrected chi connectivity index (χ0v) is 12.5. The molecule has 0 bridgehead atoms. The van der Waals surface area contributed by atoms with Crippen LogP contribution in [0.2, 0.25) is 0 Å². The van der Waals surface area contributed by atoms with Crippen molar-refractivity contribution in [2.75, 3.05) is 0 Å². The second-order valence-electron chi connectivity index (χ2n) is 5.44. The molecule has 0 saturated heterocycles. The molecule has 1 unspecified atom stereocenters. The minimum absolute atomic E-state index is 0.405. The van der Waals surface area contributed by atoms with Crippen LogP contribution in [0.4, 0.5) is 0 Å². The summed E-state index contributed by atoms with van der Waals surface area (Å²) in [6.07, 6.45) is 9.23. The number of hydrazine groups is 1. The number of nitrogens with one attached hydrogen (secondary N) is 1. The third-order valence-corrected chi connectivity index (χ3v) is 4.44. The predicted molar refractivity (Wildman–Crippen MR) is 80.1 cm³/mol. The molecule has 100 valence electrons. The van der Waals surface area contributed by atoms with Crippen molar-refractivity contribution in [2.45, 2.75) is 51.0 Å². The lowest BCUT2D eigenvalue weighted by Crippen LogP contribution is -2.38. The van der Waals surface area contributed by atoms with E-state index >= 15 is 0 Å². The summed E-state index contributed by atoms with van der Waals surface area (Å²) >= 11 is 3.52. The van der Waals surface area contributed by atoms with Gasteiger partial charge in [-0.05, 0) is 36.5 Å². The van der Waals surface area contributed by atoms with E-state index in [-0.39, 0.29) is 0 Å². The first kappa shape index (κ1) is 14.0. The maximum atomic E-state index is 5.71. The maximum Gasteiger partial charge on any atom is 0.0253 e. The van der Waals surface area contributed by atoms with Gasteiger partial charge >= 0.3 is 0 Å². The second kappa shape index (κ2) is 7.27. The Balaban J connectivity index is 1.88. The molecule has 1 aromatic rings. The first-order chi connectivity index (χ1) is 8.78. The summed E-state index contributed by atoms with van der Waals surface area (Å²) in [6.45, 7) is 0. The van der Waals surface area contributed by atoms with Gasteiger partial charge < -0.3 is 0 Å². The van der Waals surface area contributed by atoms with Gasteiger partial charge in [-0.3, -0.25) is 11.3 Å². The van der Waals surface area contributed by atoms with Crippen molar-refractivity contribution in [2.24, 2.45) is 11.8 Å². The van der Waals surface area contributed by atoms with Gasteiger partial charge in [-0.25, -0.2) is 0 Å². The van der Waals surface area contributed by atoms with Crippen LogP contribution in [-0.2, 0) is 6.42 Å². The lowest BCUT2D eigenvalue weighted by atomic mass is 9.84. The topological polar surface area (TPSA) is 38.0 Å². The number of halogens is 1. The van der Waals surface area contributed by atoms with Gasteiger partial charge in [0.15, 0.2) is 0 Å². The molecule has 1 atom stereocenters. The van der Waals surface area contributed by atoms with Crippen LogP contribution >= 0.6 is 15.9 Å². The van der Waals surface area contributed by atoms with E-state index < -0.39 is 0 Å². The van der Waals surface area contributed by atoms with Crippen molar-refractivity contribution in [1.29, 1.82) is 0 Å². The third kappa shape index (κ3) is 4.38. The smallest absolute Gasteiger partial charge is 0.0253 e. The Labute approximate surface area is 118 Å². The van der Waals surface area contributed by atoms with Gasteiger partial charge in [0.25, 0.3) is 0 Å². The van der Waals surface area contributed by atoms with Crippen LogP contribution in [-0.4, -0.2) is 6.04 Å². The molecule has 0 heterocycles. The molecule has 1 aromatic carbocycles. The molecule has 3 N–H and O–H groups in total. The Hall–Kier alpha value is -0.380. The lowest BCUT2D eigenvalue weighted by molar-refractivity contribution is 0.298. The molecule has 1 saturated carbocycles. The highest BCUT2D eigenvalue weighted by Gasteiger charge is 2.18. The lowest BCUT2D eigenvalue weighted by Gasteiger charge is -2.26. The van der Waals surface area contributed by atoms with Gasteiger partial charge in [-0.2, -0.15) is 0 Å². The Morgan fingerprint density at radius 3 is 2.72 bits per heavy atom. The highest BCUT2D eigenvalue weighted by atomic mass is 79.9. The Bertz CT molecular complexity index is 361. The van der Waals surface area contributed by atoms with Gasteiger partial charge in [0, 0.05) is 10.5 Å². The van der Waals surface area contributed by atoms with Crippen LogP contribution in [0, 0.1) is 5.92 Å². The van der Waals surface area contributed by atoms with Crippen molar-refractivity contribution in [1.82, 2.24) is 5.43 Å². The van der Waals surface area contributed by atoms with Crippen molar-refractivity contribution in [3.05, 3.63) is 34.3 Å². The second-order valence-corrected chi connectivity index (χ2v) is 6.35. The van der Waals surface area contributed by atoms with Gasteiger partial charge in [-0.15, -0.1) is 0 Å². The summed E-state index contributed by atoms with van der Waals surface area (Å²) < 4.78 is 1.15. The van der Waals surface area contributed by atoms with E-state index in [1.807, 2.05) is 0 Å². The molecule has 2 nitrogen and oxygen atoms in total. The van der Waals surface area contributed by atoms with Gasteiger partial charge in [0.05, 0.1) is 0 Å². The molecule has 0 aliphatic heterocycles. The zero-order valence-electron chi connectivity index (χ0n) is 10.9. The zero-order chi connectivity index (χ0) is 12.8. The van der Waals surface area contributed by atoms with Crippen LogP contribution < -0.4 is 11.3 Å². The average molecular weight is 311 g/mol. The van der Waals surface area contributed by atoms with E-state index in [1.165, 1.54) is 44.1 Å². The summed E-state index contributed by atoms with van der Waals surface area (Å²) in [7, 11) is 0. The minimum Gasteiger partial charge on any atom is -0.271 e. The normalized spacial score (nSPS) is 18.8. The fraction of sp³-hybridized carbons (Fsp3) is 0.600. The maximum absolute atomic E-state index is 5.71. The van der Waals surface area contributed by atoms with Gasteiger partial charge in [0.2, 0.25) is 0 Å². The average Bonchev–Trinajstić information content (AvgIpc) is 2.39. The van der Waals surface area contributed by atoms with E-state index in [9.17, 15) is 0 Å². The van der Waals surface area contributed by atoms with Crippen LogP contribution in [0.1, 0.15) is 44.1 Å². The molecular weight excluding hydrogens is 288 g/mol. The van der Waals surface area contributed by atoms with Gasteiger partial charge in [-0.1, -0.05) is 60.2 Å². The SMILES string of the molecule is NNC(Cc1cccc(Br)c1)CC1CCCCC1. The van der Waals surface area contributed by atoms with E-state index in [1.54, 1.807) is 0 Å². The molecule has 3 heteroatoms. The highest BCUT2D eigenvalue weighted by Crippen LogP contribution is 2.28. The summed E-state index contributed by atoms with van der Waals surface area (Å²) in [5, 5.41) is 0. The molecule has 0 amide bonds. The first-order valence-electron chi connectivity index (χ1n) is 6.98. The van der Waals surface area contributed by atoms with E-state index in [4.69, 9.17) is 5.84 Å². The molecule has 1 aliphatic rings. The summed E-state index contributed by atoms with van der Waals surface area (Å²) in [5.41, 5.74) is 4.35. The Morgan fingerprint density at radius 1 is 1.28 bits per heavy atom. The van der Waals surface area contributed by atoms with Crippen LogP contribution in [0.3, 0.4) is 0 Å². The molecule has 18 heavy (non-hydrogen) atoms. The van der Waals surface area contributed by atoms with Crippen molar-refractivity contribution >= 4 is 15.9 Å². The number of rotatable bonds is 5. The molecular formula is C15H23BrN2. The van der Waals surface area contributed by atoms with E-state index in [2.05, 4.69) is 45.6 Å². The number of hydrogen-bond acceptors (Lipinski definition) is 2. The Morgan fingerprint density at radius 2 is 2.06 bits per heavy atom. The van der Waals surface area contributed by atoms with Crippen molar-refractivity contribution in [3.8, 4) is 0 Å². The quantitative estimate of drug-likeness (QED) is 0.641. The predicted octanol–water partition coefficient (Wildman–Crippen LogP) is 3.79. The summed E-state index contributed by atoms with van der Waals surface area (Å²) in [4.78, 5) is 0. The van der Waals surface area contributed by atoms with E-state index in [0.717, 1.165) is 16.8 Å². The molecule has 1 fully saturated rings. The minimum atomic E-state index is 0.405. The summed E-state index contributed by atoms with van der Waals surface area (Å²) in [5.74, 6) is 6.58. The van der Waals surface area contributed by atoms with E-state index in [0.29, 0.717) is 6.04 Å². The molecule has 0 spiro atoms. The molecule has 2 rings (SSSR count). The van der Waals surface area contributed by atoms with Gasteiger partial charge in [0.1, 0.15) is 0 Å². The van der Waals surface area contributed by atoms with Crippen LogP contribution in [0.5, 0.6) is 0 Å². The van der Waals surface area contributed by atoms with Crippen LogP contribution in [0.15, 0.2) is 28.7 Å². The fourth-order valence-electron chi connectivity index (χ4n) is 2.98. The summed E-state index contributed by atoms with van der Waals surface area (Å²) in [6, 6.07) is 8.92. The standard InChI is InChI=1S/C15H23BrN2/c16-14-8-4-7-13(9-14)11-15(18-17)10-12-5-2-1-3-6-12/h4,7-9,12,15,18H,1-3,5-6,10-11,17H2. The molecule has 1 aliphatic carbocycles. The number of nitrogens with two attached hydrogens (primary N) is 1. The Kier molecular flexibility index (Phi) is 5.67. The van der Waals surface area contributed by atoms with Crippen molar-refractivity contribution < 1.29 is 0 Å². The number of hydrogen-bond donors (Lipinski definition) is 2. The fourth-order valence-corrected chi connectivity index (χ4v) is 3.43. The molecule has 0 radical (unpaired) electrons. The largest absolute Gasteiger partial charge is 0.271 e. The van der Waals surface area contributed by atoms with Crippen molar-refractivity contribution in [3.63, 3.8) is 0 Å². The monoisotopic (exact) mass is 310 g/mol. The molecule has 0 aromatic heterocycles. The third-order valence-electron chi connectivity index (χ3n) is 3.95. The van der Waals surface area contributed by atoms with Crippen LogP contribution in [0.25, 0.3) is 0 Å².